The first kappa shape index (κ1) is 15.5. The van der Waals surface area contributed by atoms with Gasteiger partial charge in [-0.2, -0.15) is 0 Å². The topological polar surface area (TPSA) is 62.1 Å². The van der Waals surface area contributed by atoms with Crippen molar-refractivity contribution in [1.82, 2.24) is 9.88 Å². The second-order valence-electron chi connectivity index (χ2n) is 5.43. The van der Waals surface area contributed by atoms with Gasteiger partial charge in [-0.25, -0.2) is 0 Å². The van der Waals surface area contributed by atoms with Crippen molar-refractivity contribution < 1.29 is 4.79 Å². The zero-order valence-electron chi connectivity index (χ0n) is 12.4. The van der Waals surface area contributed by atoms with Gasteiger partial charge >= 0.3 is 0 Å². The monoisotopic (exact) mass is 303 g/mol. The number of hydrogen-bond acceptors (Lipinski definition) is 2. The third-order valence-electron chi connectivity index (χ3n) is 3.56. The Labute approximate surface area is 130 Å². The lowest BCUT2D eigenvalue weighted by Gasteiger charge is -2.26. The molecule has 2 aromatic rings. The summed E-state index contributed by atoms with van der Waals surface area (Å²) in [7, 11) is 0. The minimum Gasteiger partial charge on any atom is -0.393 e. The number of carbonyl (C=O) groups excluding carboxylic acids is 1. The maximum absolute atomic E-state index is 12.5. The van der Waals surface area contributed by atoms with Gasteiger partial charge in [0, 0.05) is 36.1 Å². The van der Waals surface area contributed by atoms with Crippen LogP contribution in [-0.4, -0.2) is 33.4 Å². The Morgan fingerprint density at radius 3 is 2.76 bits per heavy atom. The fraction of sp³-hybridized carbons (Fsp3) is 0.375. The number of nitrogens with zero attached hydrogens (tertiary/aromatic N) is 1. The summed E-state index contributed by atoms with van der Waals surface area (Å²) in [6.07, 6.45) is 2.86. The van der Waals surface area contributed by atoms with Crippen molar-refractivity contribution in [3.8, 4) is 0 Å². The Hall–Kier alpha value is -1.88. The molecule has 1 aromatic heterocycles. The standard InChI is InChI=1S/C16H21N3OS/c1-11(2)19(8-7-15(17)21)16(20)9-12-10-18-14-6-4-3-5-13(12)14/h3-6,10-11,18H,7-9H2,1-2H3,(H2,17,21). The third-order valence-corrected chi connectivity index (χ3v) is 3.76. The molecule has 21 heavy (non-hydrogen) atoms. The van der Waals surface area contributed by atoms with Crippen molar-refractivity contribution in [3.63, 3.8) is 0 Å². The number of H-pyrrole nitrogens is 1. The first-order valence-corrected chi connectivity index (χ1v) is 7.52. The van der Waals surface area contributed by atoms with Gasteiger partial charge < -0.3 is 15.6 Å². The number of aromatic amines is 1. The number of para-hydroxylation sites is 1. The lowest BCUT2D eigenvalue weighted by atomic mass is 10.1. The lowest BCUT2D eigenvalue weighted by Crippen LogP contribution is -2.39. The largest absolute Gasteiger partial charge is 0.393 e. The van der Waals surface area contributed by atoms with Gasteiger partial charge in [-0.05, 0) is 25.5 Å². The summed E-state index contributed by atoms with van der Waals surface area (Å²) in [5.41, 5.74) is 7.62. The van der Waals surface area contributed by atoms with Gasteiger partial charge in [0.15, 0.2) is 0 Å². The van der Waals surface area contributed by atoms with E-state index in [4.69, 9.17) is 18.0 Å². The summed E-state index contributed by atoms with van der Waals surface area (Å²) in [6.45, 7) is 4.59. The van der Waals surface area contributed by atoms with Crippen LogP contribution < -0.4 is 5.73 Å². The van der Waals surface area contributed by atoms with Gasteiger partial charge in [0.05, 0.1) is 11.4 Å². The van der Waals surface area contributed by atoms with E-state index in [0.717, 1.165) is 16.5 Å². The molecule has 0 fully saturated rings. The highest BCUT2D eigenvalue weighted by atomic mass is 32.1. The number of nitrogens with two attached hydrogens (primary N) is 1. The third kappa shape index (κ3) is 3.82. The van der Waals surface area contributed by atoms with Gasteiger partial charge in [0.25, 0.3) is 0 Å². The van der Waals surface area contributed by atoms with Crippen molar-refractivity contribution in [3.05, 3.63) is 36.0 Å². The second-order valence-corrected chi connectivity index (χ2v) is 5.96. The average molecular weight is 303 g/mol. The van der Waals surface area contributed by atoms with Crippen LogP contribution in [0.3, 0.4) is 0 Å². The molecule has 0 bridgehead atoms. The molecule has 1 amide bonds. The summed E-state index contributed by atoms with van der Waals surface area (Å²) in [5, 5.41) is 1.10. The molecule has 1 heterocycles. The molecule has 0 aliphatic carbocycles. The van der Waals surface area contributed by atoms with E-state index in [1.54, 1.807) is 0 Å². The summed E-state index contributed by atoms with van der Waals surface area (Å²) >= 11 is 4.90. The number of rotatable bonds is 6. The van der Waals surface area contributed by atoms with Crippen molar-refractivity contribution in [2.24, 2.45) is 5.73 Å². The number of fused-ring (bicyclic) bond motifs is 1. The van der Waals surface area contributed by atoms with E-state index in [0.29, 0.717) is 24.4 Å². The first-order chi connectivity index (χ1) is 9.99. The normalized spacial score (nSPS) is 11.0. The molecule has 0 atom stereocenters. The van der Waals surface area contributed by atoms with Crippen molar-refractivity contribution >= 4 is 34.0 Å². The van der Waals surface area contributed by atoms with Crippen LogP contribution in [0.5, 0.6) is 0 Å². The van der Waals surface area contributed by atoms with Crippen LogP contribution in [0.1, 0.15) is 25.8 Å². The zero-order chi connectivity index (χ0) is 15.4. The summed E-state index contributed by atoms with van der Waals surface area (Å²) in [6, 6.07) is 8.14. The van der Waals surface area contributed by atoms with Gasteiger partial charge in [-0.3, -0.25) is 4.79 Å². The zero-order valence-corrected chi connectivity index (χ0v) is 13.2. The van der Waals surface area contributed by atoms with E-state index in [1.165, 1.54) is 0 Å². The number of carbonyl (C=O) groups is 1. The van der Waals surface area contributed by atoms with Crippen molar-refractivity contribution in [2.45, 2.75) is 32.7 Å². The lowest BCUT2D eigenvalue weighted by molar-refractivity contribution is -0.132. The van der Waals surface area contributed by atoms with E-state index in [2.05, 4.69) is 4.98 Å². The highest BCUT2D eigenvalue weighted by molar-refractivity contribution is 7.80. The highest BCUT2D eigenvalue weighted by Crippen LogP contribution is 2.19. The van der Waals surface area contributed by atoms with E-state index in [-0.39, 0.29) is 11.9 Å². The molecular weight excluding hydrogens is 282 g/mol. The van der Waals surface area contributed by atoms with E-state index in [1.807, 2.05) is 49.2 Å². The van der Waals surface area contributed by atoms with Crippen LogP contribution in [-0.2, 0) is 11.2 Å². The Morgan fingerprint density at radius 1 is 1.38 bits per heavy atom. The van der Waals surface area contributed by atoms with E-state index >= 15 is 0 Å². The van der Waals surface area contributed by atoms with Gasteiger partial charge in [-0.15, -0.1) is 0 Å². The summed E-state index contributed by atoms with van der Waals surface area (Å²) < 4.78 is 0. The number of nitrogens with one attached hydrogen (secondary N) is 1. The second kappa shape index (κ2) is 6.72. The first-order valence-electron chi connectivity index (χ1n) is 7.12. The van der Waals surface area contributed by atoms with Crippen LogP contribution in [0.2, 0.25) is 0 Å². The molecule has 3 N–H and O–H groups in total. The van der Waals surface area contributed by atoms with Gasteiger partial charge in [0.2, 0.25) is 5.91 Å². The fourth-order valence-corrected chi connectivity index (χ4v) is 2.54. The Kier molecular flexibility index (Phi) is 4.96. The predicted molar refractivity (Wildman–Crippen MR) is 90.3 cm³/mol. The Balaban J connectivity index is 2.12. The molecule has 0 aliphatic heterocycles. The van der Waals surface area contributed by atoms with E-state index in [9.17, 15) is 4.79 Å². The van der Waals surface area contributed by atoms with Crippen LogP contribution in [0.25, 0.3) is 10.9 Å². The van der Waals surface area contributed by atoms with Crippen LogP contribution >= 0.6 is 12.2 Å². The molecule has 1 aromatic carbocycles. The summed E-state index contributed by atoms with van der Waals surface area (Å²) in [4.78, 5) is 18.0. The van der Waals surface area contributed by atoms with Crippen LogP contribution in [0.4, 0.5) is 0 Å². The number of hydrogen-bond donors (Lipinski definition) is 2. The molecule has 0 aliphatic rings. The SMILES string of the molecule is CC(C)N(CCC(N)=S)C(=O)Cc1c[nH]c2ccccc12. The molecule has 0 saturated carbocycles. The molecule has 0 radical (unpaired) electrons. The molecular formula is C16H21N3OS. The Bertz CT molecular complexity index is 648. The summed E-state index contributed by atoms with van der Waals surface area (Å²) in [5.74, 6) is 0.103. The quantitative estimate of drug-likeness (QED) is 0.806. The number of amides is 1. The molecule has 0 unspecified atom stereocenters. The average Bonchev–Trinajstić information content (AvgIpc) is 2.82. The minimum atomic E-state index is 0.103. The molecule has 5 heteroatoms. The van der Waals surface area contributed by atoms with Gasteiger partial charge in [-0.1, -0.05) is 30.4 Å². The van der Waals surface area contributed by atoms with Gasteiger partial charge in [0.1, 0.15) is 0 Å². The number of aromatic nitrogens is 1. The van der Waals surface area contributed by atoms with Crippen molar-refractivity contribution in [1.29, 1.82) is 0 Å². The number of benzene rings is 1. The molecule has 0 saturated heterocycles. The molecule has 4 nitrogen and oxygen atoms in total. The predicted octanol–water partition coefficient (Wildman–Crippen LogP) is 2.62. The van der Waals surface area contributed by atoms with Crippen LogP contribution in [0.15, 0.2) is 30.5 Å². The van der Waals surface area contributed by atoms with Crippen molar-refractivity contribution in [2.75, 3.05) is 6.54 Å². The molecule has 2 rings (SSSR count). The smallest absolute Gasteiger partial charge is 0.227 e. The number of thiocarbonyl (C=S) groups is 1. The maximum atomic E-state index is 12.5. The fourth-order valence-electron chi connectivity index (χ4n) is 2.44. The molecule has 0 spiro atoms. The highest BCUT2D eigenvalue weighted by Gasteiger charge is 2.18. The van der Waals surface area contributed by atoms with E-state index < -0.39 is 0 Å². The Morgan fingerprint density at radius 2 is 2.10 bits per heavy atom. The molecule has 112 valence electrons. The maximum Gasteiger partial charge on any atom is 0.227 e. The van der Waals surface area contributed by atoms with Crippen LogP contribution in [0, 0.1) is 0 Å². The minimum absolute atomic E-state index is 0.103.